The van der Waals surface area contributed by atoms with Gasteiger partial charge in [0.05, 0.1) is 5.52 Å². The van der Waals surface area contributed by atoms with Gasteiger partial charge in [0.1, 0.15) is 5.82 Å². The van der Waals surface area contributed by atoms with Crippen LogP contribution in [-0.2, 0) is 0 Å². The van der Waals surface area contributed by atoms with Gasteiger partial charge in [0.2, 0.25) is 0 Å². The van der Waals surface area contributed by atoms with E-state index in [1.165, 1.54) is 6.07 Å². The van der Waals surface area contributed by atoms with Crippen molar-refractivity contribution < 1.29 is 9.90 Å². The van der Waals surface area contributed by atoms with E-state index in [0.29, 0.717) is 5.82 Å². The third-order valence-corrected chi connectivity index (χ3v) is 2.88. The van der Waals surface area contributed by atoms with Crippen molar-refractivity contribution in [2.45, 2.75) is 0 Å². The van der Waals surface area contributed by atoms with Crippen LogP contribution in [0.15, 0.2) is 54.7 Å². The van der Waals surface area contributed by atoms with Crippen molar-refractivity contribution in [3.8, 4) is 0 Å². The highest BCUT2D eigenvalue weighted by Gasteiger charge is 2.06. The normalized spacial score (nSPS) is 10.4. The number of rotatable bonds is 3. The number of anilines is 2. The summed E-state index contributed by atoms with van der Waals surface area (Å²) in [5.74, 6) is -0.561. The molecule has 0 unspecified atom stereocenters. The van der Waals surface area contributed by atoms with Crippen molar-refractivity contribution in [2.24, 2.45) is 0 Å². The zero-order chi connectivity index (χ0) is 13.9. The molecule has 0 aliphatic rings. The fourth-order valence-corrected chi connectivity index (χ4v) is 1.97. The van der Waals surface area contributed by atoms with Crippen LogP contribution < -0.4 is 5.32 Å². The lowest BCUT2D eigenvalue weighted by Crippen LogP contribution is -2.02. The van der Waals surface area contributed by atoms with Crippen molar-refractivity contribution in [1.29, 1.82) is 0 Å². The average Bonchev–Trinajstić information content (AvgIpc) is 2.48. The first-order chi connectivity index (χ1) is 9.74. The molecule has 0 amide bonds. The molecule has 3 aromatic rings. The molecule has 98 valence electrons. The van der Waals surface area contributed by atoms with E-state index >= 15 is 0 Å². The number of nitrogens with zero attached hydrogens (tertiary/aromatic N) is 2. The number of carbonyl (C=O) groups is 1. The third-order valence-electron chi connectivity index (χ3n) is 2.88. The Hall–Kier alpha value is -2.95. The van der Waals surface area contributed by atoms with E-state index in [2.05, 4.69) is 15.3 Å². The molecular weight excluding hydrogens is 254 g/mol. The predicted molar refractivity (Wildman–Crippen MR) is 76.2 cm³/mol. The summed E-state index contributed by atoms with van der Waals surface area (Å²) < 4.78 is 0. The van der Waals surface area contributed by atoms with Gasteiger partial charge in [-0.15, -0.1) is 0 Å². The van der Waals surface area contributed by atoms with Crippen LogP contribution in [0.3, 0.4) is 0 Å². The molecular formula is C15H11N3O2. The van der Waals surface area contributed by atoms with Crippen LogP contribution in [0.25, 0.3) is 10.9 Å². The number of aromatic carboxylic acids is 1. The van der Waals surface area contributed by atoms with Crippen LogP contribution >= 0.6 is 0 Å². The van der Waals surface area contributed by atoms with Crippen LogP contribution in [-0.4, -0.2) is 21.0 Å². The summed E-state index contributed by atoms with van der Waals surface area (Å²) in [7, 11) is 0. The number of hydrogen-bond donors (Lipinski definition) is 2. The van der Waals surface area contributed by atoms with Gasteiger partial charge < -0.3 is 10.4 Å². The summed E-state index contributed by atoms with van der Waals surface area (Å²) in [4.78, 5) is 19.2. The molecule has 0 saturated heterocycles. The first-order valence-corrected chi connectivity index (χ1v) is 6.05. The molecule has 5 heteroatoms. The minimum absolute atomic E-state index is 0.00774. The molecule has 0 aliphatic heterocycles. The van der Waals surface area contributed by atoms with Gasteiger partial charge in [-0.25, -0.2) is 9.78 Å². The van der Waals surface area contributed by atoms with Gasteiger partial charge >= 0.3 is 5.97 Å². The first-order valence-electron chi connectivity index (χ1n) is 6.05. The van der Waals surface area contributed by atoms with Crippen molar-refractivity contribution in [1.82, 2.24) is 9.97 Å². The highest BCUT2D eigenvalue weighted by Crippen LogP contribution is 2.24. The van der Waals surface area contributed by atoms with E-state index in [9.17, 15) is 4.79 Å². The van der Waals surface area contributed by atoms with Crippen molar-refractivity contribution in [2.75, 3.05) is 5.32 Å². The van der Waals surface area contributed by atoms with E-state index in [0.717, 1.165) is 16.6 Å². The number of pyridine rings is 2. The van der Waals surface area contributed by atoms with Gasteiger partial charge in [-0.2, -0.15) is 0 Å². The molecule has 3 rings (SSSR count). The number of hydrogen-bond acceptors (Lipinski definition) is 4. The largest absolute Gasteiger partial charge is 0.477 e. The molecule has 5 nitrogen and oxygen atoms in total. The van der Waals surface area contributed by atoms with Gasteiger partial charge in [-0.05, 0) is 36.4 Å². The summed E-state index contributed by atoms with van der Waals surface area (Å²) in [5, 5.41) is 13.0. The molecule has 2 aromatic heterocycles. The summed E-state index contributed by atoms with van der Waals surface area (Å²) in [5.41, 5.74) is 1.71. The van der Waals surface area contributed by atoms with Crippen molar-refractivity contribution >= 4 is 28.4 Å². The minimum Gasteiger partial charge on any atom is -0.477 e. The summed E-state index contributed by atoms with van der Waals surface area (Å²) in [6, 6.07) is 14.3. The smallest absolute Gasteiger partial charge is 0.354 e. The van der Waals surface area contributed by atoms with Gasteiger partial charge in [0.15, 0.2) is 5.69 Å². The SMILES string of the molecule is O=C(O)c1cccc(Nc2cccc3ncccc23)n1. The molecule has 0 fully saturated rings. The second kappa shape index (κ2) is 4.97. The van der Waals surface area contributed by atoms with Crippen LogP contribution in [0.4, 0.5) is 11.5 Å². The van der Waals surface area contributed by atoms with Gasteiger partial charge in [0, 0.05) is 17.3 Å². The lowest BCUT2D eigenvalue weighted by Gasteiger charge is -2.09. The lowest BCUT2D eigenvalue weighted by atomic mass is 10.2. The van der Waals surface area contributed by atoms with E-state index in [1.54, 1.807) is 18.3 Å². The maximum absolute atomic E-state index is 10.9. The first kappa shape index (κ1) is 12.1. The Morgan fingerprint density at radius 3 is 2.75 bits per heavy atom. The Kier molecular flexibility index (Phi) is 3.01. The van der Waals surface area contributed by atoms with Crippen LogP contribution in [0.1, 0.15) is 10.5 Å². The zero-order valence-corrected chi connectivity index (χ0v) is 10.4. The Labute approximate surface area is 114 Å². The maximum Gasteiger partial charge on any atom is 0.354 e. The highest BCUT2D eigenvalue weighted by atomic mass is 16.4. The predicted octanol–water partition coefficient (Wildman–Crippen LogP) is 3.07. The molecule has 0 spiro atoms. The number of benzene rings is 1. The van der Waals surface area contributed by atoms with E-state index in [1.807, 2.05) is 30.3 Å². The van der Waals surface area contributed by atoms with Crippen LogP contribution in [0.5, 0.6) is 0 Å². The van der Waals surface area contributed by atoms with Gasteiger partial charge in [-0.1, -0.05) is 12.1 Å². The van der Waals surface area contributed by atoms with E-state index in [4.69, 9.17) is 5.11 Å². The molecule has 20 heavy (non-hydrogen) atoms. The molecule has 0 bridgehead atoms. The van der Waals surface area contributed by atoms with Crippen LogP contribution in [0.2, 0.25) is 0 Å². The lowest BCUT2D eigenvalue weighted by molar-refractivity contribution is 0.0690. The standard InChI is InChI=1S/C15H11N3O2/c19-15(20)13-7-2-8-14(18-13)17-12-6-1-5-11-10(12)4-3-9-16-11/h1-9H,(H,17,18)(H,19,20). The molecule has 0 radical (unpaired) electrons. The summed E-state index contributed by atoms with van der Waals surface area (Å²) >= 11 is 0. The monoisotopic (exact) mass is 265 g/mol. The fraction of sp³-hybridized carbons (Fsp3) is 0. The second-order valence-electron chi connectivity index (χ2n) is 4.21. The molecule has 0 atom stereocenters. The maximum atomic E-state index is 10.9. The number of carboxylic acids is 1. The zero-order valence-electron chi connectivity index (χ0n) is 10.4. The minimum atomic E-state index is -1.05. The van der Waals surface area contributed by atoms with Gasteiger partial charge in [-0.3, -0.25) is 4.98 Å². The molecule has 1 aromatic carbocycles. The second-order valence-corrected chi connectivity index (χ2v) is 4.21. The quantitative estimate of drug-likeness (QED) is 0.761. The third kappa shape index (κ3) is 2.29. The van der Waals surface area contributed by atoms with E-state index < -0.39 is 5.97 Å². The Bertz CT molecular complexity index is 781. The fourth-order valence-electron chi connectivity index (χ4n) is 1.97. The molecule has 2 N–H and O–H groups in total. The molecule has 2 heterocycles. The average molecular weight is 265 g/mol. The Balaban J connectivity index is 2.01. The molecule has 0 saturated carbocycles. The number of aromatic nitrogens is 2. The number of fused-ring (bicyclic) bond motifs is 1. The van der Waals surface area contributed by atoms with E-state index in [-0.39, 0.29) is 5.69 Å². The van der Waals surface area contributed by atoms with Crippen molar-refractivity contribution in [3.05, 3.63) is 60.4 Å². The topological polar surface area (TPSA) is 75.1 Å². The van der Waals surface area contributed by atoms with Crippen molar-refractivity contribution in [3.63, 3.8) is 0 Å². The summed E-state index contributed by atoms with van der Waals surface area (Å²) in [6.07, 6.45) is 1.73. The molecule has 0 aliphatic carbocycles. The summed E-state index contributed by atoms with van der Waals surface area (Å²) in [6.45, 7) is 0. The Morgan fingerprint density at radius 2 is 1.90 bits per heavy atom. The Morgan fingerprint density at radius 1 is 1.05 bits per heavy atom. The number of nitrogens with one attached hydrogen (secondary N) is 1. The number of carboxylic acid groups (broad SMARTS) is 1. The van der Waals surface area contributed by atoms with Gasteiger partial charge in [0.25, 0.3) is 0 Å². The van der Waals surface area contributed by atoms with Crippen LogP contribution in [0, 0.1) is 0 Å². The highest BCUT2D eigenvalue weighted by molar-refractivity contribution is 5.93.